The van der Waals surface area contributed by atoms with E-state index in [1.807, 2.05) is 0 Å². The largest absolute Gasteiger partial charge is 0.509 e. The van der Waals surface area contributed by atoms with Crippen molar-refractivity contribution in [2.45, 2.75) is 0 Å². The van der Waals surface area contributed by atoms with Gasteiger partial charge in [0, 0.05) is 10.8 Å². The first-order valence-corrected chi connectivity index (χ1v) is 4.45. The van der Waals surface area contributed by atoms with Crippen LogP contribution in [0.4, 0.5) is 12.9 Å². The van der Waals surface area contributed by atoms with E-state index in [-0.39, 0.29) is 0 Å². The van der Waals surface area contributed by atoms with E-state index in [9.17, 15) is 12.9 Å². The number of hydrogen-bond acceptors (Lipinski definition) is 2. The highest BCUT2D eigenvalue weighted by Gasteiger charge is 2.25. The molecule has 0 saturated carbocycles. The Morgan fingerprint density at radius 1 is 1.23 bits per heavy atom. The van der Waals surface area contributed by atoms with Crippen LogP contribution in [0.25, 0.3) is 10.9 Å². The molecule has 1 aromatic heterocycles. The molecule has 1 nitrogen and oxygen atoms in total. The van der Waals surface area contributed by atoms with Gasteiger partial charge in [0.2, 0.25) is 0 Å². The molecular formula is C7H4BF3NS-. The Kier molecular flexibility index (Phi) is 1.80. The fraction of sp³-hybridized carbons (Fsp3) is 0. The summed E-state index contributed by atoms with van der Waals surface area (Å²) in [6.45, 7) is -4.89. The molecule has 0 spiro atoms. The van der Waals surface area contributed by atoms with Gasteiger partial charge in [0.05, 0.1) is 5.52 Å². The lowest BCUT2D eigenvalue weighted by atomic mass is 9.80. The van der Waals surface area contributed by atoms with Gasteiger partial charge in [-0.05, 0) is 17.6 Å². The summed E-state index contributed by atoms with van der Waals surface area (Å²) in [5, 5.41) is 2.17. The summed E-state index contributed by atoms with van der Waals surface area (Å²) in [7, 11) is 0. The molecule has 6 heteroatoms. The zero-order valence-corrected chi connectivity index (χ0v) is 7.19. The number of aromatic nitrogens is 1. The fourth-order valence-corrected chi connectivity index (χ4v) is 1.73. The maximum absolute atomic E-state index is 12.3. The van der Waals surface area contributed by atoms with E-state index in [4.69, 9.17) is 0 Å². The molecule has 2 rings (SSSR count). The molecule has 0 bridgehead atoms. The van der Waals surface area contributed by atoms with Crippen molar-refractivity contribution in [3.8, 4) is 0 Å². The highest BCUT2D eigenvalue weighted by Crippen LogP contribution is 2.16. The van der Waals surface area contributed by atoms with Crippen molar-refractivity contribution >= 4 is 34.9 Å². The number of benzene rings is 1. The van der Waals surface area contributed by atoms with Crippen LogP contribution in [-0.4, -0.2) is 11.4 Å². The quantitative estimate of drug-likeness (QED) is 0.646. The molecule has 1 aromatic carbocycles. The van der Waals surface area contributed by atoms with Crippen molar-refractivity contribution in [2.24, 2.45) is 0 Å². The van der Waals surface area contributed by atoms with Crippen molar-refractivity contribution < 1.29 is 12.9 Å². The molecule has 0 atom stereocenters. The third-order valence-electron chi connectivity index (χ3n) is 1.76. The zero-order valence-electron chi connectivity index (χ0n) is 6.38. The highest BCUT2D eigenvalue weighted by molar-refractivity contribution is 7.04. The third-order valence-corrected chi connectivity index (χ3v) is 2.42. The number of nitrogens with zero attached hydrogens (tertiary/aromatic N) is 1. The molecular weight excluding hydrogens is 198 g/mol. The molecule has 0 radical (unpaired) electrons. The van der Waals surface area contributed by atoms with Crippen LogP contribution in [0.1, 0.15) is 0 Å². The van der Waals surface area contributed by atoms with Gasteiger partial charge in [-0.15, -0.1) is 5.46 Å². The van der Waals surface area contributed by atoms with E-state index in [1.54, 1.807) is 5.38 Å². The van der Waals surface area contributed by atoms with Crippen molar-refractivity contribution in [3.63, 3.8) is 0 Å². The second-order valence-electron chi connectivity index (χ2n) is 2.71. The minimum atomic E-state index is -4.89. The van der Waals surface area contributed by atoms with Crippen LogP contribution in [0.5, 0.6) is 0 Å². The molecule has 1 heterocycles. The van der Waals surface area contributed by atoms with E-state index >= 15 is 0 Å². The molecule has 13 heavy (non-hydrogen) atoms. The van der Waals surface area contributed by atoms with Gasteiger partial charge in [-0.1, -0.05) is 12.1 Å². The lowest BCUT2D eigenvalue weighted by molar-refractivity contribution is 0.501. The second kappa shape index (κ2) is 2.73. The van der Waals surface area contributed by atoms with Crippen LogP contribution in [-0.2, 0) is 0 Å². The molecule has 0 unspecified atom stereocenters. The van der Waals surface area contributed by atoms with Crippen LogP contribution < -0.4 is 5.46 Å². The Labute approximate surface area is 76.4 Å². The summed E-state index contributed by atoms with van der Waals surface area (Å²) in [5.74, 6) is 0. The molecule has 0 N–H and O–H groups in total. The Balaban J connectivity index is 2.61. The SMILES string of the molecule is F[B-](F)(F)c1ccc2nscc2c1. The van der Waals surface area contributed by atoms with Gasteiger partial charge in [-0.25, -0.2) is 0 Å². The van der Waals surface area contributed by atoms with Crippen LogP contribution >= 0.6 is 11.5 Å². The maximum Gasteiger partial charge on any atom is 0.509 e. The van der Waals surface area contributed by atoms with Crippen molar-refractivity contribution in [2.75, 3.05) is 0 Å². The van der Waals surface area contributed by atoms with Crippen LogP contribution in [0.2, 0.25) is 0 Å². The van der Waals surface area contributed by atoms with Crippen molar-refractivity contribution in [1.82, 2.24) is 4.37 Å². The number of rotatable bonds is 1. The maximum atomic E-state index is 12.3. The van der Waals surface area contributed by atoms with Gasteiger partial charge in [-0.2, -0.15) is 4.37 Å². The van der Waals surface area contributed by atoms with Crippen molar-refractivity contribution in [1.29, 1.82) is 0 Å². The Morgan fingerprint density at radius 2 is 2.00 bits per heavy atom. The first kappa shape index (κ1) is 8.56. The first-order valence-electron chi connectivity index (χ1n) is 3.61. The first-order chi connectivity index (χ1) is 6.07. The van der Waals surface area contributed by atoms with Crippen molar-refractivity contribution in [3.05, 3.63) is 23.6 Å². The molecule has 0 aliphatic heterocycles. The molecule has 0 amide bonds. The zero-order chi connectivity index (χ0) is 9.47. The van der Waals surface area contributed by atoms with E-state index in [0.717, 1.165) is 23.7 Å². The van der Waals surface area contributed by atoms with Gasteiger partial charge in [0.15, 0.2) is 0 Å². The monoisotopic (exact) mass is 202 g/mol. The summed E-state index contributed by atoms with van der Waals surface area (Å²) in [6.07, 6.45) is 0. The topological polar surface area (TPSA) is 12.9 Å². The Bertz CT molecular complexity index is 436. The molecule has 0 saturated heterocycles. The van der Waals surface area contributed by atoms with Gasteiger partial charge in [0.1, 0.15) is 0 Å². The molecule has 0 fully saturated rings. The molecule has 0 aliphatic rings. The van der Waals surface area contributed by atoms with Crippen LogP contribution in [0.3, 0.4) is 0 Å². The summed E-state index contributed by atoms with van der Waals surface area (Å²) in [5.41, 5.74) is 0.0569. The second-order valence-corrected chi connectivity index (χ2v) is 3.34. The standard InChI is InChI=1S/C7H4BF3NS/c9-8(10,11)6-1-2-7-5(3-6)4-13-12-7/h1-4H/q-1. The van der Waals surface area contributed by atoms with Gasteiger partial charge in [-0.3, -0.25) is 0 Å². The predicted molar refractivity (Wildman–Crippen MR) is 48.3 cm³/mol. The van der Waals surface area contributed by atoms with Gasteiger partial charge < -0.3 is 12.9 Å². The summed E-state index contributed by atoms with van der Waals surface area (Å²) in [6, 6.07) is 3.61. The normalized spacial score (nSPS) is 12.2. The predicted octanol–water partition coefficient (Wildman–Crippen LogP) is 2.35. The van der Waals surface area contributed by atoms with Crippen LogP contribution in [0, 0.1) is 0 Å². The average molecular weight is 202 g/mol. The average Bonchev–Trinajstić information content (AvgIpc) is 2.47. The molecule has 2 aromatic rings. The van der Waals surface area contributed by atoms with E-state index in [0.29, 0.717) is 10.9 Å². The molecule has 68 valence electrons. The fourth-order valence-electron chi connectivity index (χ4n) is 1.09. The number of halogens is 3. The number of hydrogen-bond donors (Lipinski definition) is 0. The lowest BCUT2D eigenvalue weighted by Crippen LogP contribution is -2.33. The summed E-state index contributed by atoms with van der Waals surface area (Å²) in [4.78, 5) is 0. The van der Waals surface area contributed by atoms with Gasteiger partial charge >= 0.3 is 6.98 Å². The summed E-state index contributed by atoms with van der Waals surface area (Å²) >= 11 is 1.16. The Morgan fingerprint density at radius 3 is 2.69 bits per heavy atom. The minimum Gasteiger partial charge on any atom is -0.445 e. The summed E-state index contributed by atoms with van der Waals surface area (Å²) < 4.78 is 40.7. The van der Waals surface area contributed by atoms with E-state index in [2.05, 4.69) is 4.37 Å². The lowest BCUT2D eigenvalue weighted by Gasteiger charge is -2.13. The van der Waals surface area contributed by atoms with E-state index in [1.165, 1.54) is 6.07 Å². The van der Waals surface area contributed by atoms with Crippen LogP contribution in [0.15, 0.2) is 23.6 Å². The van der Waals surface area contributed by atoms with E-state index < -0.39 is 12.4 Å². The number of fused-ring (bicyclic) bond motifs is 1. The smallest absolute Gasteiger partial charge is 0.445 e. The minimum absolute atomic E-state index is 0.557. The molecule has 0 aliphatic carbocycles. The van der Waals surface area contributed by atoms with Gasteiger partial charge in [0.25, 0.3) is 0 Å². The third kappa shape index (κ3) is 1.53. The Hall–Kier alpha value is -1.04. The highest BCUT2D eigenvalue weighted by atomic mass is 32.1.